The lowest BCUT2D eigenvalue weighted by atomic mass is 9.93. The van der Waals surface area contributed by atoms with Gasteiger partial charge in [-0.15, -0.1) is 0 Å². The van der Waals surface area contributed by atoms with Crippen LogP contribution in [0.15, 0.2) is 15.5 Å². The van der Waals surface area contributed by atoms with Crippen LogP contribution in [0.25, 0.3) is 0 Å². The number of nitrogens with zero attached hydrogens (tertiary/aromatic N) is 1. The van der Waals surface area contributed by atoms with Crippen molar-refractivity contribution in [1.82, 2.24) is 4.57 Å². The van der Waals surface area contributed by atoms with Crippen molar-refractivity contribution in [2.75, 3.05) is 7.11 Å². The van der Waals surface area contributed by atoms with Gasteiger partial charge in [0.2, 0.25) is 5.43 Å². The van der Waals surface area contributed by atoms with Gasteiger partial charge in [-0.25, -0.2) is 0 Å². The molecule has 1 aromatic rings. The third-order valence-electron chi connectivity index (χ3n) is 3.08. The van der Waals surface area contributed by atoms with E-state index in [4.69, 9.17) is 4.74 Å². The van der Waals surface area contributed by atoms with E-state index in [9.17, 15) is 9.90 Å². The van der Waals surface area contributed by atoms with Gasteiger partial charge < -0.3 is 14.4 Å². The van der Waals surface area contributed by atoms with E-state index in [1.54, 1.807) is 6.20 Å². The highest BCUT2D eigenvalue weighted by Crippen LogP contribution is 2.34. The summed E-state index contributed by atoms with van der Waals surface area (Å²) in [4.78, 5) is 11.8. The highest BCUT2D eigenvalue weighted by atomic mass is 79.9. The summed E-state index contributed by atoms with van der Waals surface area (Å²) in [7, 11) is 1.45. The van der Waals surface area contributed by atoms with Crippen LogP contribution in [0, 0.1) is 5.92 Å². The number of rotatable bonds is 1. The molecule has 0 spiro atoms. The van der Waals surface area contributed by atoms with Crippen molar-refractivity contribution < 1.29 is 9.84 Å². The summed E-state index contributed by atoms with van der Waals surface area (Å²) in [5.74, 6) is 0.392. The van der Waals surface area contributed by atoms with Crippen molar-refractivity contribution in [3.8, 4) is 5.75 Å². The SMILES string of the molecule is COc1c2n(cc(Br)c1=O)CCC(C)C2O. The standard InChI is InChI=1S/C11H14BrNO3/c1-6-3-4-13-5-7(12)10(15)11(16-2)8(13)9(6)14/h5-6,9,14H,3-4H2,1-2H3. The number of methoxy groups -OCH3 is 1. The van der Waals surface area contributed by atoms with E-state index in [-0.39, 0.29) is 17.1 Å². The fourth-order valence-corrected chi connectivity index (χ4v) is 2.50. The number of ether oxygens (including phenoxy) is 1. The first-order valence-corrected chi connectivity index (χ1v) is 6.00. The van der Waals surface area contributed by atoms with Crippen LogP contribution >= 0.6 is 15.9 Å². The number of hydrogen-bond donors (Lipinski definition) is 1. The average molecular weight is 288 g/mol. The van der Waals surface area contributed by atoms with E-state index < -0.39 is 6.10 Å². The van der Waals surface area contributed by atoms with Gasteiger partial charge in [0.15, 0.2) is 5.75 Å². The molecule has 0 saturated heterocycles. The Morgan fingerprint density at radius 1 is 1.62 bits per heavy atom. The Morgan fingerprint density at radius 3 is 2.94 bits per heavy atom. The van der Waals surface area contributed by atoms with Crippen LogP contribution in [0.3, 0.4) is 0 Å². The summed E-state index contributed by atoms with van der Waals surface area (Å²) in [5, 5.41) is 10.1. The second kappa shape index (κ2) is 4.22. The Morgan fingerprint density at radius 2 is 2.31 bits per heavy atom. The molecular formula is C11H14BrNO3. The fourth-order valence-electron chi connectivity index (χ4n) is 2.08. The van der Waals surface area contributed by atoms with Crippen LogP contribution in [0.1, 0.15) is 25.1 Å². The van der Waals surface area contributed by atoms with E-state index in [0.29, 0.717) is 10.2 Å². The van der Waals surface area contributed by atoms with Crippen molar-refractivity contribution in [2.24, 2.45) is 5.92 Å². The smallest absolute Gasteiger partial charge is 0.237 e. The van der Waals surface area contributed by atoms with E-state index in [0.717, 1.165) is 13.0 Å². The van der Waals surface area contributed by atoms with Crippen LogP contribution in [0.4, 0.5) is 0 Å². The Balaban J connectivity index is 2.69. The lowest BCUT2D eigenvalue weighted by molar-refractivity contribution is 0.0808. The Labute approximate surface area is 102 Å². The van der Waals surface area contributed by atoms with Crippen LogP contribution in [0.5, 0.6) is 5.75 Å². The van der Waals surface area contributed by atoms with Gasteiger partial charge in [-0.05, 0) is 28.3 Å². The maximum atomic E-state index is 11.8. The van der Waals surface area contributed by atoms with E-state index in [1.165, 1.54) is 7.11 Å². The first-order valence-electron chi connectivity index (χ1n) is 5.21. The van der Waals surface area contributed by atoms with Gasteiger partial charge in [-0.1, -0.05) is 6.92 Å². The normalized spacial score (nSPS) is 24.0. The van der Waals surface area contributed by atoms with Gasteiger partial charge in [-0.2, -0.15) is 0 Å². The molecule has 0 radical (unpaired) electrons. The molecule has 2 atom stereocenters. The number of aliphatic hydroxyl groups is 1. The van der Waals surface area contributed by atoms with Gasteiger partial charge in [-0.3, -0.25) is 4.79 Å². The zero-order valence-electron chi connectivity index (χ0n) is 9.24. The Kier molecular flexibility index (Phi) is 3.08. The molecule has 1 aliphatic heterocycles. The largest absolute Gasteiger partial charge is 0.491 e. The third kappa shape index (κ3) is 1.68. The summed E-state index contributed by atoms with van der Waals surface area (Å²) < 4.78 is 7.47. The summed E-state index contributed by atoms with van der Waals surface area (Å²) >= 11 is 3.21. The maximum absolute atomic E-state index is 11.8. The van der Waals surface area contributed by atoms with Crippen molar-refractivity contribution in [1.29, 1.82) is 0 Å². The molecule has 2 unspecified atom stereocenters. The van der Waals surface area contributed by atoms with Crippen LogP contribution < -0.4 is 10.2 Å². The van der Waals surface area contributed by atoms with Crippen molar-refractivity contribution in [3.63, 3.8) is 0 Å². The molecule has 0 aliphatic carbocycles. The predicted octanol–water partition coefficient (Wildman–Crippen LogP) is 1.69. The lowest BCUT2D eigenvalue weighted by Gasteiger charge is -2.30. The molecule has 0 aromatic carbocycles. The van der Waals surface area contributed by atoms with E-state index in [1.807, 2.05) is 11.5 Å². The number of hydrogen-bond acceptors (Lipinski definition) is 3. The Bertz CT molecular complexity index is 469. The average Bonchev–Trinajstić information content (AvgIpc) is 2.26. The second-order valence-corrected chi connectivity index (χ2v) is 4.98. The first-order chi connectivity index (χ1) is 7.56. The molecule has 0 fully saturated rings. The van der Waals surface area contributed by atoms with Crippen molar-refractivity contribution >= 4 is 15.9 Å². The minimum atomic E-state index is -0.635. The van der Waals surface area contributed by atoms with Crippen molar-refractivity contribution in [2.45, 2.75) is 26.0 Å². The van der Waals surface area contributed by atoms with E-state index in [2.05, 4.69) is 15.9 Å². The van der Waals surface area contributed by atoms with E-state index >= 15 is 0 Å². The molecule has 2 heterocycles. The van der Waals surface area contributed by atoms with Crippen molar-refractivity contribution in [3.05, 3.63) is 26.6 Å². The molecule has 88 valence electrons. The lowest BCUT2D eigenvalue weighted by Crippen LogP contribution is -2.28. The van der Waals surface area contributed by atoms with Gasteiger partial charge in [0.25, 0.3) is 0 Å². The highest BCUT2D eigenvalue weighted by Gasteiger charge is 2.29. The minimum absolute atomic E-state index is 0.148. The minimum Gasteiger partial charge on any atom is -0.491 e. The maximum Gasteiger partial charge on any atom is 0.237 e. The van der Waals surface area contributed by atoms with Crippen LogP contribution in [0.2, 0.25) is 0 Å². The summed E-state index contributed by atoms with van der Waals surface area (Å²) in [6.45, 7) is 2.77. The molecule has 1 N–H and O–H groups in total. The zero-order valence-corrected chi connectivity index (χ0v) is 10.8. The number of pyridine rings is 1. The molecule has 4 nitrogen and oxygen atoms in total. The number of aryl methyl sites for hydroxylation is 1. The summed E-state index contributed by atoms with van der Waals surface area (Å²) in [6.07, 6.45) is 1.98. The second-order valence-electron chi connectivity index (χ2n) is 4.13. The van der Waals surface area contributed by atoms with Gasteiger partial charge in [0.1, 0.15) is 6.10 Å². The number of aliphatic hydroxyl groups excluding tert-OH is 1. The third-order valence-corrected chi connectivity index (χ3v) is 3.65. The molecule has 2 rings (SSSR count). The first kappa shape index (κ1) is 11.7. The summed E-state index contributed by atoms with van der Waals surface area (Å²) in [6, 6.07) is 0. The molecular weight excluding hydrogens is 274 g/mol. The molecule has 0 bridgehead atoms. The zero-order chi connectivity index (χ0) is 11.9. The fraction of sp³-hybridized carbons (Fsp3) is 0.545. The van der Waals surface area contributed by atoms with Crippen LogP contribution in [-0.4, -0.2) is 16.8 Å². The summed E-state index contributed by atoms with van der Waals surface area (Å²) in [5.41, 5.74) is 0.386. The molecule has 5 heteroatoms. The predicted molar refractivity (Wildman–Crippen MR) is 63.7 cm³/mol. The quantitative estimate of drug-likeness (QED) is 0.855. The highest BCUT2D eigenvalue weighted by molar-refractivity contribution is 9.10. The van der Waals surface area contributed by atoms with Gasteiger partial charge >= 0.3 is 0 Å². The van der Waals surface area contributed by atoms with Gasteiger partial charge in [0, 0.05) is 12.7 Å². The number of fused-ring (bicyclic) bond motifs is 1. The topological polar surface area (TPSA) is 51.5 Å². The molecule has 0 saturated carbocycles. The number of halogens is 1. The number of aromatic nitrogens is 1. The molecule has 1 aliphatic rings. The molecule has 0 amide bonds. The monoisotopic (exact) mass is 287 g/mol. The van der Waals surface area contributed by atoms with Crippen LogP contribution in [-0.2, 0) is 6.54 Å². The Hall–Kier alpha value is -0.810. The molecule has 1 aromatic heterocycles. The molecule has 16 heavy (non-hydrogen) atoms. The van der Waals surface area contributed by atoms with Gasteiger partial charge in [0.05, 0.1) is 17.3 Å².